The van der Waals surface area contributed by atoms with E-state index in [2.05, 4.69) is 15.3 Å². The zero-order valence-electron chi connectivity index (χ0n) is 17.4. The molecule has 8 heteroatoms. The summed E-state index contributed by atoms with van der Waals surface area (Å²) >= 11 is 1.36. The normalized spacial score (nSPS) is 15.8. The minimum absolute atomic E-state index is 0.0110. The van der Waals surface area contributed by atoms with Crippen LogP contribution in [0.5, 0.6) is 0 Å². The lowest BCUT2D eigenvalue weighted by Gasteiger charge is -2.24. The van der Waals surface area contributed by atoms with E-state index < -0.39 is 0 Å². The molecule has 6 nitrogen and oxygen atoms in total. The van der Waals surface area contributed by atoms with Gasteiger partial charge < -0.3 is 10.2 Å². The number of carbonyl (C=O) groups is 2. The molecule has 1 N–H and O–H groups in total. The Hall–Kier alpha value is -3.13. The highest BCUT2D eigenvalue weighted by molar-refractivity contribution is 7.11. The Kier molecular flexibility index (Phi) is 6.08. The van der Waals surface area contributed by atoms with Crippen LogP contribution in [-0.4, -0.2) is 33.2 Å². The molecule has 1 atom stereocenters. The fourth-order valence-electron chi connectivity index (χ4n) is 3.84. The molecule has 0 spiro atoms. The van der Waals surface area contributed by atoms with E-state index in [-0.39, 0.29) is 23.7 Å². The quantitative estimate of drug-likeness (QED) is 0.648. The summed E-state index contributed by atoms with van der Waals surface area (Å²) in [5.74, 6) is -0.556. The molecule has 0 aliphatic carbocycles. The van der Waals surface area contributed by atoms with E-state index in [4.69, 9.17) is 0 Å². The molecule has 1 aliphatic heterocycles. The van der Waals surface area contributed by atoms with Crippen molar-refractivity contribution >= 4 is 23.2 Å². The molecule has 2 amide bonds. The minimum atomic E-state index is -0.310. The molecule has 31 heavy (non-hydrogen) atoms. The van der Waals surface area contributed by atoms with Crippen molar-refractivity contribution in [3.63, 3.8) is 0 Å². The first kappa shape index (κ1) is 21.1. The first-order valence-electron chi connectivity index (χ1n) is 10.2. The van der Waals surface area contributed by atoms with Gasteiger partial charge in [0.1, 0.15) is 10.7 Å². The average molecular weight is 439 g/mol. The standard InChI is InChI=1S/C23H23FN4O2S/c1-14-18(22(29)25-12-16-5-7-17(24)8-6-16)9-10-19(27-14)20-4-3-11-28(20)23(30)21-15(2)26-13-31-21/h5-10,13,20H,3-4,11-12H2,1-2H3,(H,25,29)/t20-/m1/s1. The van der Waals surface area contributed by atoms with E-state index >= 15 is 0 Å². The summed E-state index contributed by atoms with van der Waals surface area (Å²) in [7, 11) is 0. The molecule has 3 heterocycles. The number of aryl methyl sites for hydroxylation is 2. The lowest BCUT2D eigenvalue weighted by Crippen LogP contribution is -2.31. The molecule has 0 saturated carbocycles. The fraction of sp³-hybridized carbons (Fsp3) is 0.304. The zero-order valence-corrected chi connectivity index (χ0v) is 18.2. The lowest BCUT2D eigenvalue weighted by molar-refractivity contribution is 0.0736. The highest BCUT2D eigenvalue weighted by Crippen LogP contribution is 2.33. The molecule has 1 saturated heterocycles. The van der Waals surface area contributed by atoms with Crippen LogP contribution in [0.3, 0.4) is 0 Å². The third kappa shape index (κ3) is 4.49. The number of pyridine rings is 1. The first-order chi connectivity index (χ1) is 14.9. The van der Waals surface area contributed by atoms with Crippen LogP contribution in [0.1, 0.15) is 61.6 Å². The number of benzene rings is 1. The number of thiazole rings is 1. The van der Waals surface area contributed by atoms with Crippen molar-refractivity contribution in [3.8, 4) is 0 Å². The highest BCUT2D eigenvalue weighted by atomic mass is 32.1. The van der Waals surface area contributed by atoms with Gasteiger partial charge in [0.25, 0.3) is 11.8 Å². The van der Waals surface area contributed by atoms with Crippen LogP contribution in [0.25, 0.3) is 0 Å². The van der Waals surface area contributed by atoms with Crippen LogP contribution in [0, 0.1) is 19.7 Å². The smallest absolute Gasteiger partial charge is 0.266 e. The molecule has 0 bridgehead atoms. The third-order valence-corrected chi connectivity index (χ3v) is 6.43. The third-order valence-electron chi connectivity index (χ3n) is 5.51. The van der Waals surface area contributed by atoms with Crippen molar-refractivity contribution in [3.05, 3.63) is 80.8 Å². The van der Waals surface area contributed by atoms with Crippen molar-refractivity contribution in [2.45, 2.75) is 39.3 Å². The summed E-state index contributed by atoms with van der Waals surface area (Å²) in [6, 6.07) is 9.49. The van der Waals surface area contributed by atoms with Gasteiger partial charge in [-0.15, -0.1) is 11.3 Å². The first-order valence-corrected chi connectivity index (χ1v) is 11.0. The van der Waals surface area contributed by atoms with Gasteiger partial charge in [-0.3, -0.25) is 14.6 Å². The van der Waals surface area contributed by atoms with E-state index in [0.29, 0.717) is 29.2 Å². The lowest BCUT2D eigenvalue weighted by atomic mass is 10.1. The maximum absolute atomic E-state index is 13.0. The van der Waals surface area contributed by atoms with Crippen LogP contribution in [0.4, 0.5) is 4.39 Å². The largest absolute Gasteiger partial charge is 0.348 e. The SMILES string of the molecule is Cc1nc([C@H]2CCCN2C(=O)c2scnc2C)ccc1C(=O)NCc1ccc(F)cc1. The molecule has 4 rings (SSSR count). The number of amides is 2. The predicted molar refractivity (Wildman–Crippen MR) is 116 cm³/mol. The van der Waals surface area contributed by atoms with Crippen molar-refractivity contribution in [1.82, 2.24) is 20.2 Å². The van der Waals surface area contributed by atoms with E-state index in [1.165, 1.54) is 23.5 Å². The number of aromatic nitrogens is 2. The molecular formula is C23H23FN4O2S. The minimum Gasteiger partial charge on any atom is -0.348 e. The summed E-state index contributed by atoms with van der Waals surface area (Å²) in [5.41, 5.74) is 5.14. The van der Waals surface area contributed by atoms with E-state index in [9.17, 15) is 14.0 Å². The maximum Gasteiger partial charge on any atom is 0.266 e. The number of carbonyl (C=O) groups excluding carboxylic acids is 2. The number of hydrogen-bond acceptors (Lipinski definition) is 5. The van der Waals surface area contributed by atoms with Gasteiger partial charge in [-0.05, 0) is 56.5 Å². The number of halogens is 1. The van der Waals surface area contributed by atoms with Crippen LogP contribution in [-0.2, 0) is 6.54 Å². The molecule has 0 unspecified atom stereocenters. The summed E-state index contributed by atoms with van der Waals surface area (Å²) < 4.78 is 13.0. The van der Waals surface area contributed by atoms with Gasteiger partial charge >= 0.3 is 0 Å². The van der Waals surface area contributed by atoms with Crippen LogP contribution >= 0.6 is 11.3 Å². The van der Waals surface area contributed by atoms with E-state index in [1.807, 2.05) is 17.9 Å². The molecule has 1 aliphatic rings. The van der Waals surface area contributed by atoms with Gasteiger partial charge in [-0.1, -0.05) is 12.1 Å². The van der Waals surface area contributed by atoms with Crippen molar-refractivity contribution in [2.75, 3.05) is 6.54 Å². The van der Waals surface area contributed by atoms with Gasteiger partial charge in [0.2, 0.25) is 0 Å². The number of hydrogen-bond donors (Lipinski definition) is 1. The van der Waals surface area contributed by atoms with Crippen LogP contribution in [0.15, 0.2) is 41.9 Å². The van der Waals surface area contributed by atoms with Gasteiger partial charge in [-0.2, -0.15) is 0 Å². The van der Waals surface area contributed by atoms with Crippen molar-refractivity contribution in [2.24, 2.45) is 0 Å². The molecule has 1 fully saturated rings. The monoisotopic (exact) mass is 438 g/mol. The van der Waals surface area contributed by atoms with Gasteiger partial charge in [0.05, 0.1) is 34.2 Å². The molecular weight excluding hydrogens is 415 g/mol. The summed E-state index contributed by atoms with van der Waals surface area (Å²) in [4.78, 5) is 37.0. The van der Waals surface area contributed by atoms with E-state index in [0.717, 1.165) is 29.8 Å². The van der Waals surface area contributed by atoms with Gasteiger partial charge in [0.15, 0.2) is 0 Å². The second-order valence-corrected chi connectivity index (χ2v) is 8.46. The Bertz CT molecular complexity index is 1110. The molecule has 1 aromatic carbocycles. The second kappa shape index (κ2) is 8.93. The van der Waals surface area contributed by atoms with Crippen molar-refractivity contribution < 1.29 is 14.0 Å². The molecule has 160 valence electrons. The predicted octanol–water partition coefficient (Wildman–Crippen LogP) is 4.20. The highest BCUT2D eigenvalue weighted by Gasteiger charge is 2.33. The summed E-state index contributed by atoms with van der Waals surface area (Å²) in [6.07, 6.45) is 1.75. The fourth-order valence-corrected chi connectivity index (χ4v) is 4.60. The van der Waals surface area contributed by atoms with Crippen molar-refractivity contribution in [1.29, 1.82) is 0 Å². The number of nitrogens with zero attached hydrogens (tertiary/aromatic N) is 3. The van der Waals surface area contributed by atoms with E-state index in [1.54, 1.807) is 30.6 Å². The summed E-state index contributed by atoms with van der Waals surface area (Å²) in [6.45, 7) is 4.63. The second-order valence-electron chi connectivity index (χ2n) is 7.60. The number of nitrogens with one attached hydrogen (secondary N) is 1. The Labute approximate surface area is 184 Å². The Morgan fingerprint density at radius 2 is 1.94 bits per heavy atom. The number of rotatable bonds is 5. The number of likely N-dealkylation sites (tertiary alicyclic amines) is 1. The molecule has 0 radical (unpaired) electrons. The maximum atomic E-state index is 13.0. The van der Waals surface area contributed by atoms with Crippen LogP contribution < -0.4 is 5.32 Å². The van der Waals surface area contributed by atoms with Gasteiger partial charge in [0, 0.05) is 13.1 Å². The molecule has 2 aromatic heterocycles. The van der Waals surface area contributed by atoms with Gasteiger partial charge in [-0.25, -0.2) is 9.37 Å². The Balaban J connectivity index is 1.47. The average Bonchev–Trinajstić information content (AvgIpc) is 3.42. The Morgan fingerprint density at radius 1 is 1.16 bits per heavy atom. The summed E-state index contributed by atoms with van der Waals surface area (Å²) in [5, 5.41) is 2.84. The Morgan fingerprint density at radius 3 is 2.61 bits per heavy atom. The molecule has 3 aromatic rings. The zero-order chi connectivity index (χ0) is 22.0. The topological polar surface area (TPSA) is 75.2 Å². The van der Waals surface area contributed by atoms with Crippen LogP contribution in [0.2, 0.25) is 0 Å².